The fraction of sp³-hybridized carbons (Fsp3) is 0.423. The maximum absolute atomic E-state index is 13.0. The highest BCUT2D eigenvalue weighted by Crippen LogP contribution is 2.43. The number of nitrogens with one attached hydrogen (secondary N) is 4. The van der Waals surface area contributed by atoms with E-state index >= 15 is 0 Å². The van der Waals surface area contributed by atoms with Crippen LogP contribution in [0.4, 0.5) is 16.4 Å². The molecule has 0 aliphatic heterocycles. The minimum atomic E-state index is -0.348. The molecule has 3 aromatic rings. The Labute approximate surface area is 226 Å². The van der Waals surface area contributed by atoms with Crippen LogP contribution in [0.15, 0.2) is 42.5 Å². The summed E-state index contributed by atoms with van der Waals surface area (Å²) in [4.78, 5) is 25.6. The van der Waals surface area contributed by atoms with Crippen molar-refractivity contribution in [3.05, 3.63) is 63.6 Å². The maximum Gasteiger partial charge on any atom is 0.319 e. The van der Waals surface area contributed by atoms with Crippen molar-refractivity contribution >= 4 is 46.8 Å². The monoisotopic (exact) mass is 543 g/mol. The fourth-order valence-corrected chi connectivity index (χ4v) is 5.48. The molecule has 1 atom stereocenters. The number of hydrogen-bond donors (Lipinski definition) is 4. The van der Waals surface area contributed by atoms with Crippen molar-refractivity contribution in [2.24, 2.45) is 17.3 Å². The number of aromatic nitrogens is 4. The number of halogens is 2. The Morgan fingerprint density at radius 3 is 2.19 bits per heavy atom. The van der Waals surface area contributed by atoms with Crippen LogP contribution >= 0.6 is 23.2 Å². The van der Waals surface area contributed by atoms with E-state index in [0.29, 0.717) is 27.2 Å². The highest BCUT2D eigenvalue weighted by Gasteiger charge is 2.34. The third kappa shape index (κ3) is 7.20. The average molecular weight is 544 g/mol. The molecule has 196 valence electrons. The van der Waals surface area contributed by atoms with Crippen molar-refractivity contribution in [1.29, 1.82) is 0 Å². The molecule has 9 nitrogen and oxygen atoms in total. The Bertz CT molecular complexity index is 1200. The van der Waals surface area contributed by atoms with Crippen LogP contribution in [-0.4, -0.2) is 32.6 Å². The van der Waals surface area contributed by atoms with Gasteiger partial charge in [0, 0.05) is 21.3 Å². The van der Waals surface area contributed by atoms with E-state index in [0.717, 1.165) is 31.2 Å². The number of aromatic amines is 1. The van der Waals surface area contributed by atoms with Crippen LogP contribution in [0.2, 0.25) is 10.0 Å². The number of H-pyrrole nitrogens is 1. The fourth-order valence-electron chi connectivity index (χ4n) is 4.96. The molecule has 0 bridgehead atoms. The third-order valence-electron chi connectivity index (χ3n) is 6.98. The molecule has 1 aliphatic carbocycles. The van der Waals surface area contributed by atoms with Crippen molar-refractivity contribution in [3.63, 3.8) is 0 Å². The Kier molecular flexibility index (Phi) is 8.34. The van der Waals surface area contributed by atoms with Crippen molar-refractivity contribution < 1.29 is 9.59 Å². The van der Waals surface area contributed by atoms with E-state index in [1.807, 2.05) is 12.1 Å². The van der Waals surface area contributed by atoms with Gasteiger partial charge in [0.1, 0.15) is 0 Å². The Morgan fingerprint density at radius 1 is 0.973 bits per heavy atom. The van der Waals surface area contributed by atoms with Crippen molar-refractivity contribution in [3.8, 4) is 0 Å². The first kappa shape index (κ1) is 26.9. The number of hydrogen-bond acceptors (Lipinski definition) is 5. The second kappa shape index (κ2) is 11.5. The lowest BCUT2D eigenvalue weighted by Crippen LogP contribution is -2.38. The van der Waals surface area contributed by atoms with E-state index < -0.39 is 0 Å². The number of urea groups is 1. The lowest BCUT2D eigenvalue weighted by Gasteiger charge is -2.39. The molecule has 3 amide bonds. The van der Waals surface area contributed by atoms with Crippen LogP contribution < -0.4 is 16.0 Å². The smallest absolute Gasteiger partial charge is 0.319 e. The number of rotatable bonds is 6. The normalized spacial score (nSPS) is 18.6. The van der Waals surface area contributed by atoms with E-state index in [2.05, 4.69) is 57.3 Å². The molecule has 0 spiro atoms. The van der Waals surface area contributed by atoms with E-state index in [1.165, 1.54) is 0 Å². The molecule has 1 saturated carbocycles. The second-order valence-corrected chi connectivity index (χ2v) is 11.4. The lowest BCUT2D eigenvalue weighted by atomic mass is 9.68. The topological polar surface area (TPSA) is 125 Å². The molecular weight excluding hydrogens is 513 g/mol. The van der Waals surface area contributed by atoms with Crippen LogP contribution in [0.3, 0.4) is 0 Å². The van der Waals surface area contributed by atoms with Crippen LogP contribution in [0.5, 0.6) is 0 Å². The minimum Gasteiger partial charge on any atom is -0.331 e. The molecule has 4 rings (SSSR count). The van der Waals surface area contributed by atoms with Crippen LogP contribution in [0.1, 0.15) is 68.4 Å². The largest absolute Gasteiger partial charge is 0.331 e. The summed E-state index contributed by atoms with van der Waals surface area (Å²) < 4.78 is 0. The molecule has 0 radical (unpaired) electrons. The predicted octanol–water partition coefficient (Wildman–Crippen LogP) is 6.47. The molecule has 11 heteroatoms. The Morgan fingerprint density at radius 2 is 1.62 bits per heavy atom. The number of amides is 3. The molecule has 1 fully saturated rings. The zero-order valence-corrected chi connectivity index (χ0v) is 22.5. The summed E-state index contributed by atoms with van der Waals surface area (Å²) in [5, 5.41) is 22.7. The molecule has 4 N–H and O–H groups in total. The highest BCUT2D eigenvalue weighted by molar-refractivity contribution is 6.35. The quantitative estimate of drug-likeness (QED) is 0.283. The summed E-state index contributed by atoms with van der Waals surface area (Å²) in [5.74, 6) is 0.648. The number of anilines is 2. The van der Waals surface area contributed by atoms with Crippen LogP contribution in [-0.2, 0) is 0 Å². The van der Waals surface area contributed by atoms with E-state index in [-0.39, 0.29) is 35.3 Å². The SMILES string of the molecule is CC(C)(C)[C@H]1CC[C@H](C(NC(=O)Nc2cc(Cl)cc(Cl)c2)c2ccc(C(=O)Nc3nn[nH]n3)cc2)CC1. The molecule has 1 aliphatic rings. The number of benzene rings is 2. The van der Waals surface area contributed by atoms with Crippen LogP contribution in [0.25, 0.3) is 0 Å². The summed E-state index contributed by atoms with van der Waals surface area (Å²) in [6, 6.07) is 11.5. The summed E-state index contributed by atoms with van der Waals surface area (Å²) in [6.07, 6.45) is 4.19. The van der Waals surface area contributed by atoms with Gasteiger partial charge in [0.15, 0.2) is 0 Å². The third-order valence-corrected chi connectivity index (χ3v) is 7.41. The number of carbonyl (C=O) groups excluding carboxylic acids is 2. The van der Waals surface area contributed by atoms with Crippen molar-refractivity contribution in [2.45, 2.75) is 52.5 Å². The summed E-state index contributed by atoms with van der Waals surface area (Å²) in [5.41, 5.74) is 2.14. The van der Waals surface area contributed by atoms with Gasteiger partial charge in [0.2, 0.25) is 0 Å². The van der Waals surface area contributed by atoms with Gasteiger partial charge in [-0.3, -0.25) is 10.1 Å². The summed E-state index contributed by atoms with van der Waals surface area (Å²) >= 11 is 12.2. The molecule has 1 unspecified atom stereocenters. The molecular formula is C26H31Cl2N7O2. The molecule has 2 aromatic carbocycles. The summed E-state index contributed by atoms with van der Waals surface area (Å²) in [6.45, 7) is 6.86. The maximum atomic E-state index is 13.0. The van der Waals surface area contributed by atoms with E-state index in [4.69, 9.17) is 23.2 Å². The molecule has 0 saturated heterocycles. The van der Waals surface area contributed by atoms with Gasteiger partial charge >= 0.3 is 6.03 Å². The summed E-state index contributed by atoms with van der Waals surface area (Å²) in [7, 11) is 0. The number of carbonyl (C=O) groups is 2. The zero-order valence-electron chi connectivity index (χ0n) is 21.0. The highest BCUT2D eigenvalue weighted by atomic mass is 35.5. The zero-order chi connectivity index (χ0) is 26.6. The van der Waals surface area contributed by atoms with Gasteiger partial charge in [-0.2, -0.15) is 5.21 Å². The van der Waals surface area contributed by atoms with Gasteiger partial charge in [-0.05, 0) is 84.0 Å². The first-order valence-corrected chi connectivity index (χ1v) is 13.0. The molecule has 1 heterocycles. The van der Waals surface area contributed by atoms with Crippen molar-refractivity contribution in [1.82, 2.24) is 25.9 Å². The van der Waals surface area contributed by atoms with Gasteiger partial charge < -0.3 is 10.6 Å². The first-order valence-electron chi connectivity index (χ1n) is 12.3. The lowest BCUT2D eigenvalue weighted by molar-refractivity contribution is 0.102. The van der Waals surface area contributed by atoms with E-state index in [9.17, 15) is 9.59 Å². The number of nitrogens with zero attached hydrogens (tertiary/aromatic N) is 3. The van der Waals surface area contributed by atoms with Gasteiger partial charge in [-0.1, -0.05) is 61.2 Å². The average Bonchev–Trinajstić information content (AvgIpc) is 3.34. The molecule has 1 aromatic heterocycles. The van der Waals surface area contributed by atoms with E-state index in [1.54, 1.807) is 30.3 Å². The van der Waals surface area contributed by atoms with Crippen LogP contribution in [0, 0.1) is 17.3 Å². The van der Waals surface area contributed by atoms with Gasteiger partial charge in [0.05, 0.1) is 6.04 Å². The van der Waals surface area contributed by atoms with Gasteiger partial charge in [-0.25, -0.2) is 4.79 Å². The van der Waals surface area contributed by atoms with Gasteiger partial charge in [0.25, 0.3) is 11.9 Å². The number of tetrazole rings is 1. The predicted molar refractivity (Wildman–Crippen MR) is 145 cm³/mol. The standard InChI is InChI=1S/C26H31Cl2N7O2/c1-26(2,3)18-10-8-16(9-11-18)22(30-25(37)29-21-13-19(27)12-20(28)14-21)15-4-6-17(7-5-15)23(36)31-24-32-34-35-33-24/h4-7,12-14,16,18,22H,8-11H2,1-3H3,(H2,29,30,37)(H2,31,32,33,34,35,36)/t16-,18-,22?. The minimum absolute atomic E-state index is 0.0991. The second-order valence-electron chi connectivity index (χ2n) is 10.5. The first-order chi connectivity index (χ1) is 17.6. The van der Waals surface area contributed by atoms with Crippen molar-refractivity contribution in [2.75, 3.05) is 10.6 Å². The molecule has 37 heavy (non-hydrogen) atoms. The Hall–Kier alpha value is -3.17. The Balaban J connectivity index is 1.51. The van der Waals surface area contributed by atoms with Gasteiger partial charge in [-0.15, -0.1) is 5.10 Å².